The molecule has 2 aliphatic rings. The van der Waals surface area contributed by atoms with Crippen LogP contribution in [0.15, 0.2) is 17.2 Å². The van der Waals surface area contributed by atoms with E-state index in [1.165, 1.54) is 19.3 Å². The van der Waals surface area contributed by atoms with Crippen molar-refractivity contribution in [2.24, 2.45) is 0 Å². The summed E-state index contributed by atoms with van der Waals surface area (Å²) in [5.41, 5.74) is 2.59. The first-order valence-electron chi connectivity index (χ1n) is 9.24. The zero-order valence-electron chi connectivity index (χ0n) is 14.6. The summed E-state index contributed by atoms with van der Waals surface area (Å²) < 4.78 is 0. The third-order valence-corrected chi connectivity index (χ3v) is 6.14. The van der Waals surface area contributed by atoms with Gasteiger partial charge < -0.3 is 4.98 Å². The fourth-order valence-corrected chi connectivity index (χ4v) is 4.50. The van der Waals surface area contributed by atoms with Gasteiger partial charge in [-0.3, -0.25) is 14.7 Å². The summed E-state index contributed by atoms with van der Waals surface area (Å²) >= 11 is 12.5. The normalized spacial score (nSPS) is 18.7. The van der Waals surface area contributed by atoms with Crippen molar-refractivity contribution >= 4 is 23.2 Å². The highest BCUT2D eigenvalue weighted by molar-refractivity contribution is 6.35. The highest BCUT2D eigenvalue weighted by Gasteiger charge is 2.25. The van der Waals surface area contributed by atoms with Crippen LogP contribution in [-0.2, 0) is 19.5 Å². The van der Waals surface area contributed by atoms with Gasteiger partial charge in [-0.15, -0.1) is 0 Å². The first kappa shape index (κ1) is 18.0. The van der Waals surface area contributed by atoms with E-state index in [9.17, 15) is 4.79 Å². The number of aromatic nitrogens is 3. The summed E-state index contributed by atoms with van der Waals surface area (Å²) in [6.45, 7) is 2.00. The lowest BCUT2D eigenvalue weighted by atomic mass is 9.88. The summed E-state index contributed by atoms with van der Waals surface area (Å²) in [7, 11) is 0. The number of pyridine rings is 1. The van der Waals surface area contributed by atoms with E-state index in [0.717, 1.165) is 48.5 Å². The number of rotatable bonds is 3. The van der Waals surface area contributed by atoms with Gasteiger partial charge in [-0.05, 0) is 12.8 Å². The molecule has 0 spiro atoms. The molecule has 0 unspecified atom stereocenters. The molecule has 1 fully saturated rings. The Bertz CT molecular complexity index is 841. The van der Waals surface area contributed by atoms with Crippen LogP contribution in [0.3, 0.4) is 0 Å². The van der Waals surface area contributed by atoms with Crippen molar-refractivity contribution in [3.8, 4) is 0 Å². The van der Waals surface area contributed by atoms with E-state index < -0.39 is 0 Å². The number of nitrogens with one attached hydrogen (secondary N) is 1. The molecular weight excluding hydrogens is 371 g/mol. The van der Waals surface area contributed by atoms with Gasteiger partial charge in [-0.1, -0.05) is 42.5 Å². The van der Waals surface area contributed by atoms with E-state index in [0.29, 0.717) is 29.1 Å². The Labute approximate surface area is 162 Å². The predicted molar refractivity (Wildman–Crippen MR) is 103 cm³/mol. The zero-order valence-corrected chi connectivity index (χ0v) is 16.1. The lowest BCUT2D eigenvalue weighted by Crippen LogP contribution is -2.36. The number of aromatic amines is 1. The lowest BCUT2D eigenvalue weighted by molar-refractivity contribution is 0.241. The third kappa shape index (κ3) is 3.66. The minimum atomic E-state index is 0.00666. The second kappa shape index (κ2) is 7.67. The standard InChI is InChI=1S/C19H22Cl2N4O/c20-15-8-22-9-16(21)13(15)10-25-7-6-17-14(11-25)19(26)24-18(23-17)12-4-2-1-3-5-12/h8-9,12H,1-7,10-11H2,(H,23,24,26). The van der Waals surface area contributed by atoms with Gasteiger partial charge in [0.1, 0.15) is 5.82 Å². The molecule has 1 aliphatic carbocycles. The molecule has 0 bridgehead atoms. The molecule has 2 aromatic rings. The summed E-state index contributed by atoms with van der Waals surface area (Å²) in [5.74, 6) is 1.30. The van der Waals surface area contributed by atoms with Crippen molar-refractivity contribution in [3.63, 3.8) is 0 Å². The fourth-order valence-electron chi connectivity index (χ4n) is 4.02. The fraction of sp³-hybridized carbons (Fsp3) is 0.526. The SMILES string of the molecule is O=c1[nH]c(C2CCCCC2)nc2c1CN(Cc1c(Cl)cncc1Cl)CC2. The van der Waals surface area contributed by atoms with Gasteiger partial charge in [0.2, 0.25) is 0 Å². The molecule has 4 rings (SSSR count). The Morgan fingerprint density at radius 2 is 1.88 bits per heavy atom. The van der Waals surface area contributed by atoms with Crippen molar-refractivity contribution in [2.45, 2.75) is 57.5 Å². The Morgan fingerprint density at radius 3 is 2.62 bits per heavy atom. The summed E-state index contributed by atoms with van der Waals surface area (Å²) in [6.07, 6.45) is 10.00. The van der Waals surface area contributed by atoms with Crippen molar-refractivity contribution < 1.29 is 0 Å². The first-order chi connectivity index (χ1) is 12.6. The van der Waals surface area contributed by atoms with Gasteiger partial charge in [0.15, 0.2) is 0 Å². The number of hydrogen-bond donors (Lipinski definition) is 1. The van der Waals surface area contributed by atoms with Gasteiger partial charge in [0.25, 0.3) is 5.56 Å². The quantitative estimate of drug-likeness (QED) is 0.854. The van der Waals surface area contributed by atoms with Crippen molar-refractivity contribution in [2.75, 3.05) is 6.54 Å². The van der Waals surface area contributed by atoms with E-state index in [2.05, 4.69) is 14.9 Å². The molecule has 138 valence electrons. The largest absolute Gasteiger partial charge is 0.310 e. The Morgan fingerprint density at radius 1 is 1.15 bits per heavy atom. The average molecular weight is 393 g/mol. The number of halogens is 2. The van der Waals surface area contributed by atoms with Gasteiger partial charge in [0.05, 0.1) is 21.3 Å². The van der Waals surface area contributed by atoms with Crippen LogP contribution in [0.1, 0.15) is 60.7 Å². The minimum absolute atomic E-state index is 0.00666. The van der Waals surface area contributed by atoms with Crippen LogP contribution in [0, 0.1) is 0 Å². The summed E-state index contributed by atoms with van der Waals surface area (Å²) in [4.78, 5) is 26.7. The molecule has 0 radical (unpaired) electrons. The molecule has 2 aromatic heterocycles. The molecule has 0 aromatic carbocycles. The highest BCUT2D eigenvalue weighted by Crippen LogP contribution is 2.31. The first-order valence-corrected chi connectivity index (χ1v) is 9.99. The van der Waals surface area contributed by atoms with Gasteiger partial charge in [-0.2, -0.15) is 0 Å². The van der Waals surface area contributed by atoms with E-state index >= 15 is 0 Å². The van der Waals surface area contributed by atoms with Gasteiger partial charge in [-0.25, -0.2) is 4.98 Å². The van der Waals surface area contributed by atoms with E-state index in [1.807, 2.05) is 0 Å². The molecular formula is C19H22Cl2N4O. The molecule has 1 aliphatic heterocycles. The molecule has 0 atom stereocenters. The van der Waals surface area contributed by atoms with Gasteiger partial charge in [0, 0.05) is 49.9 Å². The second-order valence-electron chi connectivity index (χ2n) is 7.25. The van der Waals surface area contributed by atoms with Crippen LogP contribution >= 0.6 is 23.2 Å². The maximum absolute atomic E-state index is 12.7. The lowest BCUT2D eigenvalue weighted by Gasteiger charge is -2.29. The van der Waals surface area contributed by atoms with Crippen molar-refractivity contribution in [1.29, 1.82) is 0 Å². The number of nitrogens with zero attached hydrogens (tertiary/aromatic N) is 3. The molecule has 26 heavy (non-hydrogen) atoms. The highest BCUT2D eigenvalue weighted by atomic mass is 35.5. The maximum Gasteiger partial charge on any atom is 0.255 e. The Hall–Kier alpha value is -1.43. The topological polar surface area (TPSA) is 61.9 Å². The third-order valence-electron chi connectivity index (χ3n) is 5.49. The predicted octanol–water partition coefficient (Wildman–Crippen LogP) is 4.08. The van der Waals surface area contributed by atoms with Crippen molar-refractivity contribution in [1.82, 2.24) is 19.9 Å². The smallest absolute Gasteiger partial charge is 0.255 e. The Balaban J connectivity index is 1.54. The van der Waals surface area contributed by atoms with Crippen LogP contribution in [0.2, 0.25) is 10.0 Å². The molecule has 1 N–H and O–H groups in total. The average Bonchev–Trinajstić information content (AvgIpc) is 2.66. The van der Waals surface area contributed by atoms with Crippen molar-refractivity contribution in [3.05, 3.63) is 55.4 Å². The van der Waals surface area contributed by atoms with E-state index in [4.69, 9.17) is 28.2 Å². The second-order valence-corrected chi connectivity index (χ2v) is 8.07. The number of fused-ring (bicyclic) bond motifs is 1. The van der Waals surface area contributed by atoms with Crippen LogP contribution < -0.4 is 5.56 Å². The molecule has 1 saturated carbocycles. The molecule has 5 nitrogen and oxygen atoms in total. The molecule has 0 saturated heterocycles. The van der Waals surface area contributed by atoms with Gasteiger partial charge >= 0.3 is 0 Å². The summed E-state index contributed by atoms with van der Waals surface area (Å²) in [6, 6.07) is 0. The molecule has 0 amide bonds. The summed E-state index contributed by atoms with van der Waals surface area (Å²) in [5, 5.41) is 1.12. The number of hydrogen-bond acceptors (Lipinski definition) is 4. The minimum Gasteiger partial charge on any atom is -0.310 e. The van der Waals surface area contributed by atoms with E-state index in [-0.39, 0.29) is 5.56 Å². The molecule has 7 heteroatoms. The van der Waals surface area contributed by atoms with Crippen LogP contribution in [0.25, 0.3) is 0 Å². The monoisotopic (exact) mass is 392 g/mol. The maximum atomic E-state index is 12.7. The van der Waals surface area contributed by atoms with Crippen LogP contribution in [0.5, 0.6) is 0 Å². The van der Waals surface area contributed by atoms with Crippen LogP contribution in [-0.4, -0.2) is 26.4 Å². The molecule has 3 heterocycles. The van der Waals surface area contributed by atoms with E-state index in [1.54, 1.807) is 12.4 Å². The zero-order chi connectivity index (χ0) is 18.1. The Kier molecular flexibility index (Phi) is 5.30. The number of H-pyrrole nitrogens is 1. The van der Waals surface area contributed by atoms with Crippen LogP contribution in [0.4, 0.5) is 0 Å².